The Morgan fingerprint density at radius 1 is 1.18 bits per heavy atom. The molecule has 2 nitrogen and oxygen atoms in total. The quantitative estimate of drug-likeness (QED) is 0.817. The Labute approximate surface area is 140 Å². The molecule has 0 saturated heterocycles. The van der Waals surface area contributed by atoms with E-state index in [-0.39, 0.29) is 11.7 Å². The molecule has 0 amide bonds. The highest BCUT2D eigenvalue weighted by atomic mass is 35.5. The highest BCUT2D eigenvalue weighted by molar-refractivity contribution is 6.35. The first-order valence-electron chi connectivity index (χ1n) is 7.11. The van der Waals surface area contributed by atoms with Gasteiger partial charge in [-0.25, -0.2) is 4.39 Å². The maximum absolute atomic E-state index is 13.6. The Morgan fingerprint density at radius 3 is 2.59 bits per heavy atom. The second-order valence-electron chi connectivity index (χ2n) is 4.99. The normalized spacial score (nSPS) is 12.2. The molecule has 2 aromatic carbocycles. The summed E-state index contributed by atoms with van der Waals surface area (Å²) in [5, 5.41) is 1.17. The standard InChI is InChI=1S/C17H18Cl2FNO/c1-2-22-17-6-5-14(20)9-15(17)12(10-21)7-11-3-4-13(18)8-16(11)19/h3-6,8-9,12H,2,7,10,21H2,1H3. The molecule has 5 heteroatoms. The molecule has 1 atom stereocenters. The average molecular weight is 342 g/mol. The van der Waals surface area contributed by atoms with Gasteiger partial charge in [-0.05, 0) is 55.8 Å². The van der Waals surface area contributed by atoms with Crippen molar-refractivity contribution in [3.63, 3.8) is 0 Å². The molecule has 0 aliphatic heterocycles. The molecule has 22 heavy (non-hydrogen) atoms. The van der Waals surface area contributed by atoms with Crippen LogP contribution in [0.3, 0.4) is 0 Å². The summed E-state index contributed by atoms with van der Waals surface area (Å²) in [4.78, 5) is 0. The van der Waals surface area contributed by atoms with E-state index in [4.69, 9.17) is 33.7 Å². The van der Waals surface area contributed by atoms with Gasteiger partial charge in [-0.15, -0.1) is 0 Å². The fourth-order valence-corrected chi connectivity index (χ4v) is 2.88. The first kappa shape index (κ1) is 17.1. The molecule has 0 aliphatic carbocycles. The summed E-state index contributed by atoms with van der Waals surface area (Å²) in [6, 6.07) is 9.85. The van der Waals surface area contributed by atoms with Crippen LogP contribution in [0.1, 0.15) is 24.0 Å². The lowest BCUT2D eigenvalue weighted by atomic mass is 9.91. The molecule has 0 saturated carbocycles. The van der Waals surface area contributed by atoms with Crippen LogP contribution in [0.2, 0.25) is 10.0 Å². The number of nitrogens with two attached hydrogens (primary N) is 1. The monoisotopic (exact) mass is 341 g/mol. The Morgan fingerprint density at radius 2 is 1.95 bits per heavy atom. The fourth-order valence-electron chi connectivity index (χ4n) is 2.40. The molecule has 0 spiro atoms. The predicted octanol–water partition coefficient (Wildman–Crippen LogP) is 4.82. The Balaban J connectivity index is 2.33. The molecule has 2 rings (SSSR count). The van der Waals surface area contributed by atoms with E-state index in [1.807, 2.05) is 13.0 Å². The van der Waals surface area contributed by atoms with Crippen molar-refractivity contribution < 1.29 is 9.13 Å². The number of ether oxygens (including phenoxy) is 1. The van der Waals surface area contributed by atoms with E-state index < -0.39 is 0 Å². The third kappa shape index (κ3) is 4.13. The Kier molecular flexibility index (Phi) is 6.07. The minimum Gasteiger partial charge on any atom is -0.494 e. The van der Waals surface area contributed by atoms with Crippen LogP contribution < -0.4 is 10.5 Å². The second-order valence-corrected chi connectivity index (χ2v) is 5.83. The van der Waals surface area contributed by atoms with E-state index >= 15 is 0 Å². The number of hydrogen-bond acceptors (Lipinski definition) is 2. The van der Waals surface area contributed by atoms with Gasteiger partial charge in [-0.1, -0.05) is 29.3 Å². The van der Waals surface area contributed by atoms with Crippen LogP contribution in [0.25, 0.3) is 0 Å². The number of halogens is 3. The van der Waals surface area contributed by atoms with Crippen molar-refractivity contribution in [2.75, 3.05) is 13.2 Å². The van der Waals surface area contributed by atoms with E-state index in [1.165, 1.54) is 12.1 Å². The summed E-state index contributed by atoms with van der Waals surface area (Å²) in [6.07, 6.45) is 0.593. The van der Waals surface area contributed by atoms with Gasteiger partial charge in [0, 0.05) is 21.5 Å². The van der Waals surface area contributed by atoms with Gasteiger partial charge in [0.2, 0.25) is 0 Å². The zero-order valence-electron chi connectivity index (χ0n) is 12.3. The summed E-state index contributed by atoms with van der Waals surface area (Å²) >= 11 is 12.1. The van der Waals surface area contributed by atoms with Crippen molar-refractivity contribution in [2.24, 2.45) is 5.73 Å². The van der Waals surface area contributed by atoms with Crippen LogP contribution in [0.5, 0.6) is 5.75 Å². The second kappa shape index (κ2) is 7.82. The van der Waals surface area contributed by atoms with Gasteiger partial charge >= 0.3 is 0 Å². The lowest BCUT2D eigenvalue weighted by molar-refractivity contribution is 0.333. The zero-order chi connectivity index (χ0) is 16.1. The van der Waals surface area contributed by atoms with Gasteiger partial charge in [0.15, 0.2) is 0 Å². The van der Waals surface area contributed by atoms with E-state index in [9.17, 15) is 4.39 Å². The SMILES string of the molecule is CCOc1ccc(F)cc1C(CN)Cc1ccc(Cl)cc1Cl. The lowest BCUT2D eigenvalue weighted by Gasteiger charge is -2.20. The van der Waals surface area contributed by atoms with Crippen molar-refractivity contribution in [2.45, 2.75) is 19.3 Å². The van der Waals surface area contributed by atoms with Crippen molar-refractivity contribution in [3.8, 4) is 5.75 Å². The molecule has 2 aromatic rings. The molecule has 0 fully saturated rings. The maximum atomic E-state index is 13.6. The minimum absolute atomic E-state index is 0.0871. The predicted molar refractivity (Wildman–Crippen MR) is 89.5 cm³/mol. The smallest absolute Gasteiger partial charge is 0.123 e. The maximum Gasteiger partial charge on any atom is 0.123 e. The highest BCUT2D eigenvalue weighted by Crippen LogP contribution is 2.32. The Hall–Kier alpha value is -1.29. The van der Waals surface area contributed by atoms with Crippen LogP contribution >= 0.6 is 23.2 Å². The molecule has 0 bridgehead atoms. The summed E-state index contributed by atoms with van der Waals surface area (Å²) in [5.74, 6) is 0.263. The Bertz CT molecular complexity index is 649. The molecular formula is C17H18Cl2FNO. The fraction of sp³-hybridized carbons (Fsp3) is 0.294. The molecule has 0 heterocycles. The summed E-state index contributed by atoms with van der Waals surface area (Å²) < 4.78 is 19.2. The number of benzene rings is 2. The van der Waals surface area contributed by atoms with Crippen LogP contribution in [0.15, 0.2) is 36.4 Å². The third-order valence-corrected chi connectivity index (χ3v) is 4.06. The average Bonchev–Trinajstić information content (AvgIpc) is 2.49. The highest BCUT2D eigenvalue weighted by Gasteiger charge is 2.18. The van der Waals surface area contributed by atoms with Gasteiger partial charge in [0.05, 0.1) is 6.61 Å². The van der Waals surface area contributed by atoms with Crippen molar-refractivity contribution in [1.82, 2.24) is 0 Å². The van der Waals surface area contributed by atoms with Crippen LogP contribution in [0, 0.1) is 5.82 Å². The summed E-state index contributed by atoms with van der Waals surface area (Å²) in [5.41, 5.74) is 7.58. The van der Waals surface area contributed by atoms with Gasteiger partial charge in [0.1, 0.15) is 11.6 Å². The van der Waals surface area contributed by atoms with E-state index in [2.05, 4.69) is 0 Å². The molecular weight excluding hydrogens is 324 g/mol. The van der Waals surface area contributed by atoms with E-state index in [0.29, 0.717) is 35.4 Å². The van der Waals surface area contributed by atoms with E-state index in [0.717, 1.165) is 11.1 Å². The first-order chi connectivity index (χ1) is 10.5. The number of rotatable bonds is 6. The van der Waals surface area contributed by atoms with Crippen LogP contribution in [0.4, 0.5) is 4.39 Å². The molecule has 0 aliphatic rings. The lowest BCUT2D eigenvalue weighted by Crippen LogP contribution is -2.16. The first-order valence-corrected chi connectivity index (χ1v) is 7.87. The van der Waals surface area contributed by atoms with Crippen LogP contribution in [-0.2, 0) is 6.42 Å². The van der Waals surface area contributed by atoms with Crippen molar-refractivity contribution in [1.29, 1.82) is 0 Å². The zero-order valence-corrected chi connectivity index (χ0v) is 13.8. The third-order valence-electron chi connectivity index (χ3n) is 3.48. The molecule has 2 N–H and O–H groups in total. The number of hydrogen-bond donors (Lipinski definition) is 1. The minimum atomic E-state index is -0.306. The van der Waals surface area contributed by atoms with Crippen molar-refractivity contribution in [3.05, 3.63) is 63.4 Å². The molecule has 0 aromatic heterocycles. The van der Waals surface area contributed by atoms with Gasteiger partial charge in [-0.3, -0.25) is 0 Å². The summed E-state index contributed by atoms with van der Waals surface area (Å²) in [6.45, 7) is 2.76. The topological polar surface area (TPSA) is 35.2 Å². The molecule has 1 unspecified atom stereocenters. The van der Waals surface area contributed by atoms with Crippen molar-refractivity contribution >= 4 is 23.2 Å². The molecule has 0 radical (unpaired) electrons. The molecule has 118 valence electrons. The largest absolute Gasteiger partial charge is 0.494 e. The van der Waals surface area contributed by atoms with E-state index in [1.54, 1.807) is 18.2 Å². The van der Waals surface area contributed by atoms with Gasteiger partial charge in [0.25, 0.3) is 0 Å². The van der Waals surface area contributed by atoms with Gasteiger partial charge < -0.3 is 10.5 Å². The van der Waals surface area contributed by atoms with Crippen LogP contribution in [-0.4, -0.2) is 13.2 Å². The summed E-state index contributed by atoms with van der Waals surface area (Å²) in [7, 11) is 0. The van der Waals surface area contributed by atoms with Gasteiger partial charge in [-0.2, -0.15) is 0 Å².